The number of benzene rings is 1. The number of hydrogen-bond donors (Lipinski definition) is 2. The summed E-state index contributed by atoms with van der Waals surface area (Å²) < 4.78 is 11.7. The van der Waals surface area contributed by atoms with Crippen LogP contribution in [0.5, 0.6) is 5.75 Å². The lowest BCUT2D eigenvalue weighted by Gasteiger charge is -2.34. The molecule has 2 aliphatic rings. The lowest BCUT2D eigenvalue weighted by atomic mass is 9.92. The molecular formula is C25H43IN4O2. The average molecular weight is 559 g/mol. The van der Waals surface area contributed by atoms with Crippen LogP contribution in [0, 0.1) is 18.8 Å². The van der Waals surface area contributed by atoms with Gasteiger partial charge in [-0.05, 0) is 56.2 Å². The standard InChI is InChI=1S/C25H42N4O2.HI/c1-19-7-8-22(24(14-19)31-23-9-12-30-18-23)15-28-25(26-4)27-10-5-6-11-29-16-20(2)13-21(3)17-29;/h7-8,14,20-21,23H,5-6,9-13,15-18H2,1-4H3,(H2,26,27,28);1H. The molecule has 182 valence electrons. The summed E-state index contributed by atoms with van der Waals surface area (Å²) >= 11 is 0. The van der Waals surface area contributed by atoms with Crippen molar-refractivity contribution in [2.45, 2.75) is 59.1 Å². The largest absolute Gasteiger partial charge is 0.488 e. The Hall–Kier alpha value is -1.06. The van der Waals surface area contributed by atoms with E-state index >= 15 is 0 Å². The van der Waals surface area contributed by atoms with E-state index in [0.717, 1.165) is 55.1 Å². The van der Waals surface area contributed by atoms with Gasteiger partial charge in [0.1, 0.15) is 11.9 Å². The second kappa shape index (κ2) is 14.3. The van der Waals surface area contributed by atoms with Gasteiger partial charge < -0.3 is 25.0 Å². The van der Waals surface area contributed by atoms with Crippen molar-refractivity contribution in [1.29, 1.82) is 0 Å². The molecule has 6 nitrogen and oxygen atoms in total. The third-order valence-electron chi connectivity index (χ3n) is 6.21. The van der Waals surface area contributed by atoms with Gasteiger partial charge in [-0.15, -0.1) is 24.0 Å². The Morgan fingerprint density at radius 1 is 1.19 bits per heavy atom. The fraction of sp³-hybridized carbons (Fsp3) is 0.720. The van der Waals surface area contributed by atoms with Gasteiger partial charge in [0, 0.05) is 45.2 Å². The maximum absolute atomic E-state index is 6.21. The number of piperidine rings is 1. The van der Waals surface area contributed by atoms with E-state index in [-0.39, 0.29) is 30.1 Å². The third kappa shape index (κ3) is 9.06. The summed E-state index contributed by atoms with van der Waals surface area (Å²) in [5.74, 6) is 3.46. The van der Waals surface area contributed by atoms with Crippen molar-refractivity contribution >= 4 is 29.9 Å². The minimum Gasteiger partial charge on any atom is -0.488 e. The second-order valence-corrected chi connectivity index (χ2v) is 9.48. The van der Waals surface area contributed by atoms with Crippen LogP contribution in [0.1, 0.15) is 50.7 Å². The molecule has 2 saturated heterocycles. The molecule has 2 N–H and O–H groups in total. The van der Waals surface area contributed by atoms with Crippen molar-refractivity contribution in [3.05, 3.63) is 29.3 Å². The Bertz CT molecular complexity index is 699. The molecule has 1 aromatic rings. The zero-order valence-corrected chi connectivity index (χ0v) is 22.7. The average Bonchev–Trinajstić information content (AvgIpc) is 3.23. The minimum absolute atomic E-state index is 0. The Balaban J connectivity index is 0.00000363. The molecule has 0 aliphatic carbocycles. The minimum atomic E-state index is 0. The van der Waals surface area contributed by atoms with Crippen LogP contribution < -0.4 is 15.4 Å². The first-order chi connectivity index (χ1) is 15.0. The number of hydrogen-bond acceptors (Lipinski definition) is 4. The van der Waals surface area contributed by atoms with Crippen molar-refractivity contribution < 1.29 is 9.47 Å². The second-order valence-electron chi connectivity index (χ2n) is 9.48. The summed E-state index contributed by atoms with van der Waals surface area (Å²) in [6.07, 6.45) is 4.87. The Kier molecular flexibility index (Phi) is 12.1. The summed E-state index contributed by atoms with van der Waals surface area (Å²) in [6, 6.07) is 6.39. The van der Waals surface area contributed by atoms with E-state index in [1.807, 2.05) is 7.05 Å². The monoisotopic (exact) mass is 558 g/mol. The molecule has 0 aromatic heterocycles. The number of nitrogens with one attached hydrogen (secondary N) is 2. The molecule has 7 heteroatoms. The maximum Gasteiger partial charge on any atom is 0.191 e. The lowest BCUT2D eigenvalue weighted by Crippen LogP contribution is -2.40. The van der Waals surface area contributed by atoms with Crippen LogP contribution in [0.2, 0.25) is 0 Å². The molecule has 0 bridgehead atoms. The summed E-state index contributed by atoms with van der Waals surface area (Å²) in [5, 5.41) is 6.90. The predicted molar refractivity (Wildman–Crippen MR) is 143 cm³/mol. The first-order valence-corrected chi connectivity index (χ1v) is 12.0. The highest BCUT2D eigenvalue weighted by Crippen LogP contribution is 2.24. The van der Waals surface area contributed by atoms with E-state index in [0.29, 0.717) is 13.2 Å². The smallest absolute Gasteiger partial charge is 0.191 e. The highest BCUT2D eigenvalue weighted by Gasteiger charge is 2.21. The van der Waals surface area contributed by atoms with Crippen molar-refractivity contribution in [3.63, 3.8) is 0 Å². The van der Waals surface area contributed by atoms with Crippen LogP contribution in [0.4, 0.5) is 0 Å². The van der Waals surface area contributed by atoms with Crippen LogP contribution in [-0.2, 0) is 11.3 Å². The fourth-order valence-electron chi connectivity index (χ4n) is 4.74. The van der Waals surface area contributed by atoms with Gasteiger partial charge in [0.25, 0.3) is 0 Å². The number of halogens is 1. The van der Waals surface area contributed by atoms with Crippen molar-refractivity contribution in [2.24, 2.45) is 16.8 Å². The van der Waals surface area contributed by atoms with E-state index in [4.69, 9.17) is 9.47 Å². The fourth-order valence-corrected chi connectivity index (χ4v) is 4.74. The zero-order chi connectivity index (χ0) is 22.1. The Morgan fingerprint density at radius 2 is 1.97 bits per heavy atom. The summed E-state index contributed by atoms with van der Waals surface area (Å²) in [7, 11) is 1.83. The van der Waals surface area contributed by atoms with Gasteiger partial charge in [-0.2, -0.15) is 0 Å². The molecule has 2 heterocycles. The molecule has 3 rings (SSSR count). The number of aliphatic imine (C=N–C) groups is 1. The molecule has 2 fully saturated rings. The third-order valence-corrected chi connectivity index (χ3v) is 6.21. The number of nitrogens with zero attached hydrogens (tertiary/aromatic N) is 2. The highest BCUT2D eigenvalue weighted by atomic mass is 127. The first-order valence-electron chi connectivity index (χ1n) is 12.0. The van der Waals surface area contributed by atoms with Crippen LogP contribution in [0.3, 0.4) is 0 Å². The molecular weight excluding hydrogens is 515 g/mol. The van der Waals surface area contributed by atoms with Gasteiger partial charge in [-0.3, -0.25) is 4.99 Å². The molecule has 32 heavy (non-hydrogen) atoms. The van der Waals surface area contributed by atoms with E-state index in [1.54, 1.807) is 0 Å². The molecule has 3 unspecified atom stereocenters. The highest BCUT2D eigenvalue weighted by molar-refractivity contribution is 14.0. The molecule has 2 aliphatic heterocycles. The number of guanidine groups is 1. The first kappa shape index (κ1) is 27.2. The van der Waals surface area contributed by atoms with E-state index in [9.17, 15) is 0 Å². The van der Waals surface area contributed by atoms with E-state index < -0.39 is 0 Å². The van der Waals surface area contributed by atoms with Crippen LogP contribution in [0.15, 0.2) is 23.2 Å². The summed E-state index contributed by atoms with van der Waals surface area (Å²) in [5.41, 5.74) is 2.35. The number of likely N-dealkylation sites (tertiary alicyclic amines) is 1. The van der Waals surface area contributed by atoms with Crippen LogP contribution in [-0.4, -0.2) is 63.4 Å². The number of rotatable bonds is 9. The maximum atomic E-state index is 6.21. The topological polar surface area (TPSA) is 58.1 Å². The molecule has 3 atom stereocenters. The van der Waals surface area contributed by atoms with Gasteiger partial charge >= 0.3 is 0 Å². The molecule has 0 amide bonds. The van der Waals surface area contributed by atoms with Gasteiger partial charge in [-0.25, -0.2) is 0 Å². The zero-order valence-electron chi connectivity index (χ0n) is 20.4. The van der Waals surface area contributed by atoms with Crippen molar-refractivity contribution in [2.75, 3.05) is 46.4 Å². The predicted octanol–water partition coefficient (Wildman–Crippen LogP) is 4.20. The molecule has 1 aromatic carbocycles. The molecule has 0 radical (unpaired) electrons. The number of ether oxygens (including phenoxy) is 2. The molecule has 0 spiro atoms. The molecule has 0 saturated carbocycles. The van der Waals surface area contributed by atoms with E-state index in [1.165, 1.54) is 38.0 Å². The van der Waals surface area contributed by atoms with Crippen LogP contribution >= 0.6 is 24.0 Å². The summed E-state index contributed by atoms with van der Waals surface area (Å²) in [4.78, 5) is 7.02. The Labute approximate surface area is 211 Å². The van der Waals surface area contributed by atoms with Crippen LogP contribution in [0.25, 0.3) is 0 Å². The van der Waals surface area contributed by atoms with Gasteiger partial charge in [0.2, 0.25) is 0 Å². The number of unbranched alkanes of at least 4 members (excludes halogenated alkanes) is 1. The summed E-state index contributed by atoms with van der Waals surface area (Å²) in [6.45, 7) is 13.7. The van der Waals surface area contributed by atoms with E-state index in [2.05, 4.69) is 59.5 Å². The normalized spacial score (nSPS) is 24.1. The van der Waals surface area contributed by atoms with Gasteiger partial charge in [-0.1, -0.05) is 26.0 Å². The number of aryl methyl sites for hydroxylation is 1. The van der Waals surface area contributed by atoms with Crippen molar-refractivity contribution in [3.8, 4) is 5.75 Å². The van der Waals surface area contributed by atoms with Gasteiger partial charge in [0.15, 0.2) is 5.96 Å². The Morgan fingerprint density at radius 3 is 2.66 bits per heavy atom. The van der Waals surface area contributed by atoms with Crippen molar-refractivity contribution in [1.82, 2.24) is 15.5 Å². The van der Waals surface area contributed by atoms with Gasteiger partial charge in [0.05, 0.1) is 13.2 Å². The quantitative estimate of drug-likeness (QED) is 0.206. The SMILES string of the molecule is CN=C(NCCCCN1CC(C)CC(C)C1)NCc1ccc(C)cc1OC1CCOC1.I. The lowest BCUT2D eigenvalue weighted by molar-refractivity contribution is 0.139.